The Kier molecular flexibility index (Phi) is 7.27. The van der Waals surface area contributed by atoms with E-state index in [0.29, 0.717) is 11.6 Å². The van der Waals surface area contributed by atoms with Gasteiger partial charge in [-0.2, -0.15) is 0 Å². The number of halogens is 1. The number of methoxy groups -OCH3 is 1. The maximum atomic E-state index is 6.14. The molecule has 0 bridgehead atoms. The van der Waals surface area contributed by atoms with Crippen LogP contribution < -0.4 is 9.47 Å². The van der Waals surface area contributed by atoms with E-state index in [4.69, 9.17) is 21.1 Å². The molecular weight excluding hydrogens is 312 g/mol. The molecule has 1 aromatic carbocycles. The maximum Gasteiger partial charge on any atom is 0.138 e. The second kappa shape index (κ2) is 9.46. The fourth-order valence-corrected chi connectivity index (χ4v) is 2.73. The second-order valence-electron chi connectivity index (χ2n) is 5.45. The van der Waals surface area contributed by atoms with Gasteiger partial charge in [0.25, 0.3) is 0 Å². The van der Waals surface area contributed by atoms with Crippen molar-refractivity contribution in [2.75, 3.05) is 13.7 Å². The molecular formula is C18H25ClN2O2. The van der Waals surface area contributed by atoms with Crippen LogP contribution in [0.25, 0.3) is 0 Å². The number of rotatable bonds is 10. The minimum atomic E-state index is 0.594. The van der Waals surface area contributed by atoms with Crippen molar-refractivity contribution in [3.63, 3.8) is 0 Å². The predicted octanol–water partition coefficient (Wildman–Crippen LogP) is 4.75. The highest BCUT2D eigenvalue weighted by atomic mass is 35.5. The largest absolute Gasteiger partial charge is 0.497 e. The van der Waals surface area contributed by atoms with Crippen molar-refractivity contribution in [3.05, 3.63) is 41.4 Å². The Hall–Kier alpha value is -1.68. The van der Waals surface area contributed by atoms with Gasteiger partial charge in [-0.05, 0) is 25.0 Å². The third kappa shape index (κ3) is 5.47. The Morgan fingerprint density at radius 1 is 1.17 bits per heavy atom. The minimum absolute atomic E-state index is 0.594. The van der Waals surface area contributed by atoms with Crippen LogP contribution in [0.1, 0.15) is 38.4 Å². The first-order chi connectivity index (χ1) is 11.2. The van der Waals surface area contributed by atoms with Crippen molar-refractivity contribution in [2.24, 2.45) is 0 Å². The van der Waals surface area contributed by atoms with Crippen LogP contribution in [0.3, 0.4) is 0 Å². The van der Waals surface area contributed by atoms with E-state index >= 15 is 0 Å². The van der Waals surface area contributed by atoms with E-state index in [9.17, 15) is 0 Å². The zero-order chi connectivity index (χ0) is 16.5. The lowest BCUT2D eigenvalue weighted by Gasteiger charge is -2.09. The topological polar surface area (TPSA) is 36.3 Å². The molecule has 0 aliphatic carbocycles. The molecule has 0 atom stereocenters. The quantitative estimate of drug-likeness (QED) is 0.587. The van der Waals surface area contributed by atoms with E-state index in [-0.39, 0.29) is 0 Å². The smallest absolute Gasteiger partial charge is 0.138 e. The van der Waals surface area contributed by atoms with Crippen molar-refractivity contribution in [2.45, 2.75) is 45.6 Å². The highest BCUT2D eigenvalue weighted by Gasteiger charge is 2.03. The summed E-state index contributed by atoms with van der Waals surface area (Å²) in [6, 6.07) is 5.48. The van der Waals surface area contributed by atoms with Gasteiger partial charge in [-0.25, -0.2) is 4.98 Å². The van der Waals surface area contributed by atoms with Gasteiger partial charge in [0.1, 0.15) is 17.3 Å². The average molecular weight is 337 g/mol. The summed E-state index contributed by atoms with van der Waals surface area (Å²) in [6.45, 7) is 3.88. The summed E-state index contributed by atoms with van der Waals surface area (Å²) in [5.41, 5.74) is 0. The van der Waals surface area contributed by atoms with Crippen molar-refractivity contribution in [3.8, 4) is 11.5 Å². The van der Waals surface area contributed by atoms with Crippen molar-refractivity contribution in [1.82, 2.24) is 9.55 Å². The van der Waals surface area contributed by atoms with Gasteiger partial charge < -0.3 is 14.0 Å². The molecule has 0 amide bonds. The number of benzene rings is 1. The number of nitrogens with zero attached hydrogens (tertiary/aromatic N) is 2. The molecule has 0 spiro atoms. The van der Waals surface area contributed by atoms with Crippen LogP contribution in [0.2, 0.25) is 5.02 Å². The molecule has 0 radical (unpaired) electrons. The van der Waals surface area contributed by atoms with Crippen molar-refractivity contribution >= 4 is 11.6 Å². The maximum absolute atomic E-state index is 6.14. The van der Waals surface area contributed by atoms with Crippen LogP contribution in [0.4, 0.5) is 0 Å². The van der Waals surface area contributed by atoms with Crippen LogP contribution in [-0.2, 0) is 13.0 Å². The number of ether oxygens (including phenoxy) is 2. The first-order valence-corrected chi connectivity index (χ1v) is 8.58. The van der Waals surface area contributed by atoms with Gasteiger partial charge in [-0.1, -0.05) is 31.4 Å². The fourth-order valence-electron chi connectivity index (χ4n) is 2.50. The number of aromatic nitrogens is 2. The lowest BCUT2D eigenvalue weighted by molar-refractivity contribution is 0.303. The summed E-state index contributed by atoms with van der Waals surface area (Å²) in [5.74, 6) is 2.63. The molecule has 2 rings (SSSR count). The molecule has 0 fully saturated rings. The molecule has 0 unspecified atom stereocenters. The highest BCUT2D eigenvalue weighted by Crippen LogP contribution is 2.28. The predicted molar refractivity (Wildman–Crippen MR) is 93.6 cm³/mol. The zero-order valence-corrected chi connectivity index (χ0v) is 14.7. The Morgan fingerprint density at radius 2 is 2.00 bits per heavy atom. The van der Waals surface area contributed by atoms with Crippen LogP contribution in [-0.4, -0.2) is 23.3 Å². The average Bonchev–Trinajstić information content (AvgIpc) is 3.02. The van der Waals surface area contributed by atoms with Crippen molar-refractivity contribution < 1.29 is 9.47 Å². The van der Waals surface area contributed by atoms with Gasteiger partial charge in [0.15, 0.2) is 0 Å². The van der Waals surface area contributed by atoms with Crippen LogP contribution in [0.15, 0.2) is 30.6 Å². The number of unbranched alkanes of at least 4 members (excludes halogenated alkanes) is 3. The van der Waals surface area contributed by atoms with Gasteiger partial charge in [-0.3, -0.25) is 0 Å². The van der Waals surface area contributed by atoms with E-state index in [1.165, 1.54) is 18.7 Å². The molecule has 1 heterocycles. The molecule has 0 saturated heterocycles. The molecule has 4 nitrogen and oxygen atoms in total. The summed E-state index contributed by atoms with van der Waals surface area (Å²) in [7, 11) is 1.62. The second-order valence-corrected chi connectivity index (χ2v) is 5.86. The van der Waals surface area contributed by atoms with Crippen molar-refractivity contribution in [1.29, 1.82) is 0 Å². The summed E-state index contributed by atoms with van der Waals surface area (Å²) in [6.07, 6.45) is 9.49. The third-order valence-corrected chi connectivity index (χ3v) is 4.10. The van der Waals surface area contributed by atoms with Crippen LogP contribution in [0.5, 0.6) is 11.5 Å². The molecule has 0 saturated carbocycles. The minimum Gasteiger partial charge on any atom is -0.497 e. The molecule has 0 N–H and O–H groups in total. The molecule has 5 heteroatoms. The Balaban J connectivity index is 1.59. The SMILES string of the molecule is CCc1nccn1CCCCCCOc1ccc(OC)cc1Cl. The van der Waals surface area contributed by atoms with Crippen LogP contribution >= 0.6 is 11.6 Å². The molecule has 0 aliphatic rings. The molecule has 1 aromatic heterocycles. The van der Waals surface area contributed by atoms with Gasteiger partial charge in [-0.15, -0.1) is 0 Å². The third-order valence-electron chi connectivity index (χ3n) is 3.81. The lowest BCUT2D eigenvalue weighted by Crippen LogP contribution is -2.02. The summed E-state index contributed by atoms with van der Waals surface area (Å²) in [5, 5.41) is 0.594. The van der Waals surface area contributed by atoms with Gasteiger partial charge in [0.05, 0.1) is 18.7 Å². The Labute approximate surface area is 143 Å². The zero-order valence-electron chi connectivity index (χ0n) is 13.9. The Bertz CT molecular complexity index is 598. The molecule has 0 aliphatic heterocycles. The van der Waals surface area contributed by atoms with E-state index in [1.807, 2.05) is 18.3 Å². The number of aryl methyl sites for hydroxylation is 2. The highest BCUT2D eigenvalue weighted by molar-refractivity contribution is 6.32. The number of hydrogen-bond donors (Lipinski definition) is 0. The van der Waals surface area contributed by atoms with E-state index in [1.54, 1.807) is 13.2 Å². The standard InChI is InChI=1S/C18H25ClN2O2/c1-3-18-20-10-12-21(18)11-6-4-5-7-13-23-17-9-8-15(22-2)14-16(17)19/h8-10,12,14H,3-7,11,13H2,1-2H3. The molecule has 126 valence electrons. The summed E-state index contributed by atoms with van der Waals surface area (Å²) < 4.78 is 13.1. The number of imidazole rings is 1. The van der Waals surface area contributed by atoms with Gasteiger partial charge >= 0.3 is 0 Å². The summed E-state index contributed by atoms with van der Waals surface area (Å²) in [4.78, 5) is 4.34. The number of hydrogen-bond acceptors (Lipinski definition) is 3. The first-order valence-electron chi connectivity index (χ1n) is 8.21. The van der Waals surface area contributed by atoms with Crippen LogP contribution in [0, 0.1) is 0 Å². The molecule has 23 heavy (non-hydrogen) atoms. The van der Waals surface area contributed by atoms with Gasteiger partial charge in [0.2, 0.25) is 0 Å². The monoisotopic (exact) mass is 336 g/mol. The fraction of sp³-hybridized carbons (Fsp3) is 0.500. The molecule has 2 aromatic rings. The lowest BCUT2D eigenvalue weighted by atomic mass is 10.2. The summed E-state index contributed by atoms with van der Waals surface area (Å²) >= 11 is 6.14. The van der Waals surface area contributed by atoms with E-state index < -0.39 is 0 Å². The van der Waals surface area contributed by atoms with Gasteiger partial charge in [0, 0.05) is 31.4 Å². The van der Waals surface area contributed by atoms with E-state index in [2.05, 4.69) is 22.7 Å². The first kappa shape index (κ1) is 17.7. The van der Waals surface area contributed by atoms with E-state index in [0.717, 1.165) is 37.3 Å². The normalized spacial score (nSPS) is 10.7. The Morgan fingerprint density at radius 3 is 2.74 bits per heavy atom.